The van der Waals surface area contributed by atoms with Crippen molar-refractivity contribution in [2.45, 2.75) is 24.7 Å². The van der Waals surface area contributed by atoms with Crippen LogP contribution in [0.3, 0.4) is 0 Å². The summed E-state index contributed by atoms with van der Waals surface area (Å²) in [5.74, 6) is 0.835. The van der Waals surface area contributed by atoms with Crippen LogP contribution in [0.25, 0.3) is 0 Å². The van der Waals surface area contributed by atoms with E-state index in [0.29, 0.717) is 11.5 Å². The zero-order valence-electron chi connectivity index (χ0n) is 11.7. The fourth-order valence-corrected chi connectivity index (χ4v) is 2.33. The highest BCUT2D eigenvalue weighted by atomic mass is 16.6. The van der Waals surface area contributed by atoms with E-state index in [0.717, 1.165) is 6.42 Å². The van der Waals surface area contributed by atoms with Crippen LogP contribution in [0.5, 0.6) is 11.5 Å². The van der Waals surface area contributed by atoms with Crippen LogP contribution in [0.15, 0.2) is 18.2 Å². The first-order chi connectivity index (χ1) is 9.60. The molecule has 1 aliphatic carbocycles. The third kappa shape index (κ3) is 2.68. The van der Waals surface area contributed by atoms with Crippen LogP contribution < -0.4 is 14.8 Å². The first kappa shape index (κ1) is 14.5. The van der Waals surface area contributed by atoms with Gasteiger partial charge in [-0.15, -0.1) is 0 Å². The maximum absolute atomic E-state index is 10.7. The maximum atomic E-state index is 10.7. The van der Waals surface area contributed by atoms with Gasteiger partial charge in [-0.05, 0) is 13.1 Å². The van der Waals surface area contributed by atoms with Crippen LogP contribution in [0.4, 0.5) is 5.69 Å². The van der Waals surface area contributed by atoms with E-state index in [-0.39, 0.29) is 23.9 Å². The molecule has 1 aromatic rings. The highest BCUT2D eigenvalue weighted by Crippen LogP contribution is 2.35. The summed E-state index contributed by atoms with van der Waals surface area (Å²) >= 11 is 0. The van der Waals surface area contributed by atoms with Gasteiger partial charge in [0.15, 0.2) is 11.5 Å². The van der Waals surface area contributed by atoms with E-state index in [1.54, 1.807) is 13.2 Å². The summed E-state index contributed by atoms with van der Waals surface area (Å²) < 4.78 is 16.3. The number of nitro benzene ring substituents is 1. The van der Waals surface area contributed by atoms with Gasteiger partial charge in [0.2, 0.25) is 0 Å². The molecule has 20 heavy (non-hydrogen) atoms. The third-order valence-corrected chi connectivity index (χ3v) is 3.53. The summed E-state index contributed by atoms with van der Waals surface area (Å²) in [7, 11) is 4.97. The van der Waals surface area contributed by atoms with E-state index in [1.165, 1.54) is 19.2 Å². The van der Waals surface area contributed by atoms with Crippen molar-refractivity contribution in [1.82, 2.24) is 5.32 Å². The average Bonchev–Trinajstić information content (AvgIpc) is 2.43. The molecule has 0 radical (unpaired) electrons. The lowest BCUT2D eigenvalue weighted by Gasteiger charge is -2.43. The summed E-state index contributed by atoms with van der Waals surface area (Å²) in [5, 5.41) is 13.9. The van der Waals surface area contributed by atoms with Crippen LogP contribution >= 0.6 is 0 Å². The van der Waals surface area contributed by atoms with E-state index >= 15 is 0 Å². The zero-order valence-corrected chi connectivity index (χ0v) is 11.7. The fourth-order valence-electron chi connectivity index (χ4n) is 2.33. The Morgan fingerprint density at radius 2 is 2.10 bits per heavy atom. The van der Waals surface area contributed by atoms with Crippen LogP contribution in [-0.4, -0.2) is 44.4 Å². The first-order valence-corrected chi connectivity index (χ1v) is 6.29. The summed E-state index contributed by atoms with van der Waals surface area (Å²) in [4.78, 5) is 10.3. The molecule has 0 bridgehead atoms. The second-order valence-corrected chi connectivity index (χ2v) is 4.58. The highest BCUT2D eigenvalue weighted by Gasteiger charge is 2.42. The van der Waals surface area contributed by atoms with Crippen LogP contribution in [0, 0.1) is 10.1 Å². The number of hydrogen-bond donors (Lipinski definition) is 1. The molecule has 0 spiro atoms. The van der Waals surface area contributed by atoms with Crippen molar-refractivity contribution in [2.24, 2.45) is 0 Å². The van der Waals surface area contributed by atoms with Crippen molar-refractivity contribution in [3.63, 3.8) is 0 Å². The lowest BCUT2D eigenvalue weighted by Crippen LogP contribution is -2.60. The standard InChI is InChI=1S/C13H18N2O5/c1-14-9-7-12(13(9)19-3)20-10-5-4-8(15(16)17)6-11(10)18-2/h4-6,9,12-14H,7H2,1-3H3. The largest absolute Gasteiger partial charge is 0.493 e. The molecule has 3 atom stereocenters. The monoisotopic (exact) mass is 282 g/mol. The van der Waals surface area contributed by atoms with Gasteiger partial charge in [0, 0.05) is 25.6 Å². The molecule has 1 fully saturated rings. The highest BCUT2D eigenvalue weighted by molar-refractivity contribution is 5.48. The van der Waals surface area contributed by atoms with Crippen LogP contribution in [0.1, 0.15) is 6.42 Å². The predicted molar refractivity (Wildman–Crippen MR) is 72.3 cm³/mol. The van der Waals surface area contributed by atoms with Gasteiger partial charge in [-0.2, -0.15) is 0 Å². The number of rotatable bonds is 6. The first-order valence-electron chi connectivity index (χ1n) is 6.29. The molecule has 0 amide bonds. The zero-order chi connectivity index (χ0) is 14.7. The second kappa shape index (κ2) is 6.06. The Balaban J connectivity index is 2.12. The van der Waals surface area contributed by atoms with Gasteiger partial charge in [0.25, 0.3) is 5.69 Å². The van der Waals surface area contributed by atoms with E-state index in [4.69, 9.17) is 14.2 Å². The van der Waals surface area contributed by atoms with Crippen LogP contribution in [0.2, 0.25) is 0 Å². The van der Waals surface area contributed by atoms with Gasteiger partial charge in [0.1, 0.15) is 12.2 Å². The number of benzene rings is 1. The van der Waals surface area contributed by atoms with Crippen molar-refractivity contribution in [1.29, 1.82) is 0 Å². The number of ether oxygens (including phenoxy) is 3. The molecular formula is C13H18N2O5. The number of non-ortho nitro benzene ring substituents is 1. The van der Waals surface area contributed by atoms with Gasteiger partial charge in [-0.25, -0.2) is 0 Å². The molecule has 1 N–H and O–H groups in total. The van der Waals surface area contributed by atoms with Gasteiger partial charge >= 0.3 is 0 Å². The smallest absolute Gasteiger partial charge is 0.273 e. The third-order valence-electron chi connectivity index (χ3n) is 3.53. The molecule has 0 aromatic heterocycles. The predicted octanol–water partition coefficient (Wildman–Crippen LogP) is 1.36. The number of nitro groups is 1. The summed E-state index contributed by atoms with van der Waals surface area (Å²) in [5.41, 5.74) is -0.0285. The van der Waals surface area contributed by atoms with Gasteiger partial charge in [-0.3, -0.25) is 10.1 Å². The quantitative estimate of drug-likeness (QED) is 0.626. The Morgan fingerprint density at radius 3 is 2.65 bits per heavy atom. The number of likely N-dealkylation sites (N-methyl/N-ethyl adjacent to an activating group) is 1. The average molecular weight is 282 g/mol. The molecule has 7 nitrogen and oxygen atoms in total. The maximum Gasteiger partial charge on any atom is 0.273 e. The molecule has 0 saturated heterocycles. The molecule has 0 heterocycles. The topological polar surface area (TPSA) is 82.9 Å². The number of methoxy groups -OCH3 is 2. The van der Waals surface area contributed by atoms with Crippen molar-refractivity contribution in [2.75, 3.05) is 21.3 Å². The Hall–Kier alpha value is -1.86. The fraction of sp³-hybridized carbons (Fsp3) is 0.538. The Bertz CT molecular complexity index is 494. The van der Waals surface area contributed by atoms with E-state index in [1.807, 2.05) is 7.05 Å². The molecule has 110 valence electrons. The van der Waals surface area contributed by atoms with E-state index < -0.39 is 4.92 Å². The van der Waals surface area contributed by atoms with Gasteiger partial charge in [0.05, 0.1) is 18.1 Å². The lowest BCUT2D eigenvalue weighted by molar-refractivity contribution is -0.385. The molecule has 1 aliphatic rings. The second-order valence-electron chi connectivity index (χ2n) is 4.58. The molecular weight excluding hydrogens is 264 g/mol. The minimum atomic E-state index is -0.468. The normalized spacial score (nSPS) is 24.9. The SMILES string of the molecule is CNC1CC(Oc2ccc([N+](=O)[O-])cc2OC)C1OC. The molecule has 1 saturated carbocycles. The van der Waals surface area contributed by atoms with Crippen molar-refractivity contribution in [3.8, 4) is 11.5 Å². The Labute approximate surface area is 117 Å². The summed E-state index contributed by atoms with van der Waals surface area (Å²) in [6, 6.07) is 4.56. The van der Waals surface area contributed by atoms with E-state index in [9.17, 15) is 10.1 Å². The summed E-state index contributed by atoms with van der Waals surface area (Å²) in [6.45, 7) is 0. The van der Waals surface area contributed by atoms with Gasteiger partial charge in [-0.1, -0.05) is 0 Å². The van der Waals surface area contributed by atoms with Crippen molar-refractivity contribution in [3.05, 3.63) is 28.3 Å². The minimum absolute atomic E-state index is 0.0285. The minimum Gasteiger partial charge on any atom is -0.493 e. The number of nitrogens with zero attached hydrogens (tertiary/aromatic N) is 1. The molecule has 7 heteroatoms. The van der Waals surface area contributed by atoms with Crippen LogP contribution in [-0.2, 0) is 4.74 Å². The number of nitrogens with one attached hydrogen (secondary N) is 1. The molecule has 2 rings (SSSR count). The molecule has 0 aliphatic heterocycles. The summed E-state index contributed by atoms with van der Waals surface area (Å²) in [6.07, 6.45) is 0.683. The van der Waals surface area contributed by atoms with Crippen molar-refractivity contribution < 1.29 is 19.1 Å². The molecule has 3 unspecified atom stereocenters. The lowest BCUT2D eigenvalue weighted by atomic mass is 9.85. The Morgan fingerprint density at radius 1 is 1.35 bits per heavy atom. The Kier molecular flexibility index (Phi) is 4.41. The van der Waals surface area contributed by atoms with Crippen molar-refractivity contribution >= 4 is 5.69 Å². The molecule has 1 aromatic carbocycles. The van der Waals surface area contributed by atoms with E-state index in [2.05, 4.69) is 5.32 Å². The number of hydrogen-bond acceptors (Lipinski definition) is 6. The van der Waals surface area contributed by atoms with Gasteiger partial charge < -0.3 is 19.5 Å².